The molecule has 0 aliphatic carbocycles. The lowest BCUT2D eigenvalue weighted by atomic mass is 9.97. The monoisotopic (exact) mass is 455 g/mol. The van der Waals surface area contributed by atoms with Gasteiger partial charge in [-0.05, 0) is 82.4 Å². The summed E-state index contributed by atoms with van der Waals surface area (Å²) in [5.74, 6) is 0.931. The number of piperidine rings is 1. The first-order valence-electron chi connectivity index (χ1n) is 11.3. The van der Waals surface area contributed by atoms with Gasteiger partial charge in [0.05, 0.1) is 5.69 Å². The summed E-state index contributed by atoms with van der Waals surface area (Å²) in [6.45, 7) is 12.2. The summed E-state index contributed by atoms with van der Waals surface area (Å²) in [5.41, 5.74) is 6.14. The summed E-state index contributed by atoms with van der Waals surface area (Å²) in [5, 5.41) is 4.08. The minimum absolute atomic E-state index is 0.0337. The molecule has 1 fully saturated rings. The molecule has 6 nitrogen and oxygen atoms in total. The summed E-state index contributed by atoms with van der Waals surface area (Å²) >= 11 is 1.94. The van der Waals surface area contributed by atoms with Gasteiger partial charge in [0.2, 0.25) is 0 Å². The highest BCUT2D eigenvalue weighted by atomic mass is 32.2. The van der Waals surface area contributed by atoms with Crippen molar-refractivity contribution in [2.45, 2.75) is 56.2 Å². The van der Waals surface area contributed by atoms with Gasteiger partial charge in [0.1, 0.15) is 5.84 Å². The van der Waals surface area contributed by atoms with Gasteiger partial charge in [-0.25, -0.2) is 4.99 Å². The molecule has 0 spiro atoms. The fourth-order valence-corrected chi connectivity index (χ4v) is 5.13. The van der Waals surface area contributed by atoms with E-state index in [9.17, 15) is 4.79 Å². The number of hydrogen-bond acceptors (Lipinski definition) is 6. The fraction of sp³-hybridized carbons (Fsp3) is 0.480. The molecule has 0 bridgehead atoms. The van der Waals surface area contributed by atoms with Crippen molar-refractivity contribution in [2.75, 3.05) is 20.1 Å². The Kier molecular flexibility index (Phi) is 10.9. The maximum absolute atomic E-state index is 12.8. The molecule has 1 atom stereocenters. The van der Waals surface area contributed by atoms with E-state index >= 15 is 0 Å². The van der Waals surface area contributed by atoms with Gasteiger partial charge in [0.25, 0.3) is 5.91 Å². The minimum Gasteiger partial charge on any atom is -0.333 e. The Morgan fingerprint density at radius 1 is 1.22 bits per heavy atom. The third-order valence-corrected chi connectivity index (χ3v) is 6.89. The molecule has 0 saturated carbocycles. The number of thioether (sulfide) groups is 1. The van der Waals surface area contributed by atoms with Gasteiger partial charge in [-0.1, -0.05) is 20.8 Å². The van der Waals surface area contributed by atoms with Crippen molar-refractivity contribution in [3.63, 3.8) is 0 Å². The number of rotatable bonds is 7. The van der Waals surface area contributed by atoms with Crippen LogP contribution in [0, 0.1) is 5.92 Å². The lowest BCUT2D eigenvalue weighted by molar-refractivity contribution is -0.124. The highest BCUT2D eigenvalue weighted by molar-refractivity contribution is 8.00. The topological polar surface area (TPSA) is 83.1 Å². The summed E-state index contributed by atoms with van der Waals surface area (Å²) in [6.07, 6.45) is 8.31. The van der Waals surface area contributed by atoms with Crippen LogP contribution in [0.15, 0.2) is 63.1 Å². The summed E-state index contributed by atoms with van der Waals surface area (Å²) in [7, 11) is 1.50. The normalized spacial score (nSPS) is 20.4. The molecule has 174 valence electrons. The van der Waals surface area contributed by atoms with Crippen molar-refractivity contribution in [1.82, 2.24) is 10.2 Å². The molecule has 0 aromatic heterocycles. The zero-order chi connectivity index (χ0) is 23.5. The molecule has 2 heterocycles. The van der Waals surface area contributed by atoms with Gasteiger partial charge in [-0.3, -0.25) is 14.7 Å². The number of nitrogens with zero attached hydrogens (tertiary/aromatic N) is 3. The number of carbonyl (C=O) groups excluding carboxylic acids is 1. The van der Waals surface area contributed by atoms with E-state index in [2.05, 4.69) is 55.7 Å². The first kappa shape index (κ1) is 26.0. The van der Waals surface area contributed by atoms with E-state index in [-0.39, 0.29) is 11.9 Å². The van der Waals surface area contributed by atoms with Crippen molar-refractivity contribution in [3.05, 3.63) is 48.2 Å². The summed E-state index contributed by atoms with van der Waals surface area (Å²) in [6, 6.07) is 8.40. The van der Waals surface area contributed by atoms with Crippen molar-refractivity contribution < 1.29 is 4.79 Å². The van der Waals surface area contributed by atoms with Crippen molar-refractivity contribution in [1.29, 1.82) is 0 Å². The minimum atomic E-state index is -0.0337. The smallest absolute Gasteiger partial charge is 0.252 e. The quantitative estimate of drug-likeness (QED) is 0.591. The van der Waals surface area contributed by atoms with E-state index < -0.39 is 0 Å². The third kappa shape index (κ3) is 6.89. The lowest BCUT2D eigenvalue weighted by Crippen LogP contribution is -2.48. The van der Waals surface area contributed by atoms with Gasteiger partial charge in [-0.15, -0.1) is 11.8 Å². The van der Waals surface area contributed by atoms with Crippen LogP contribution in [-0.2, 0) is 4.79 Å². The molecule has 1 unspecified atom stereocenters. The van der Waals surface area contributed by atoms with E-state index in [0.717, 1.165) is 30.8 Å². The SMILES string of the molecule is C=N/C=C1/C=CC(=O)N(C(CC)C(C)C)C1=Nc1ccc(SC2CCNCC2)cc1.CN. The molecule has 2 aliphatic heterocycles. The average Bonchev–Trinajstić information content (AvgIpc) is 2.81. The van der Waals surface area contributed by atoms with Crippen LogP contribution in [0.3, 0.4) is 0 Å². The number of aliphatic imine (C=N–C) groups is 2. The number of benzene rings is 1. The number of nitrogens with two attached hydrogens (primary N) is 1. The van der Waals surface area contributed by atoms with E-state index in [1.807, 2.05) is 28.8 Å². The Morgan fingerprint density at radius 2 is 1.88 bits per heavy atom. The molecular weight excluding hydrogens is 418 g/mol. The van der Waals surface area contributed by atoms with Gasteiger partial charge in [-0.2, -0.15) is 0 Å². The number of amidine groups is 1. The zero-order valence-electron chi connectivity index (χ0n) is 19.8. The van der Waals surface area contributed by atoms with Crippen LogP contribution in [-0.4, -0.2) is 54.8 Å². The number of nitrogens with one attached hydrogen (secondary N) is 1. The number of carbonyl (C=O) groups is 1. The van der Waals surface area contributed by atoms with Gasteiger partial charge < -0.3 is 11.1 Å². The van der Waals surface area contributed by atoms with Crippen LogP contribution < -0.4 is 11.1 Å². The maximum Gasteiger partial charge on any atom is 0.252 e. The molecular formula is C25H37N5OS. The van der Waals surface area contributed by atoms with E-state index in [1.165, 1.54) is 24.8 Å². The Balaban J connectivity index is 0.00000176. The van der Waals surface area contributed by atoms with Gasteiger partial charge >= 0.3 is 0 Å². The number of amides is 1. The van der Waals surface area contributed by atoms with Gasteiger partial charge in [0.15, 0.2) is 0 Å². The van der Waals surface area contributed by atoms with E-state index in [1.54, 1.807) is 18.4 Å². The lowest BCUT2D eigenvalue weighted by Gasteiger charge is -2.36. The molecule has 1 saturated heterocycles. The Labute approximate surface area is 197 Å². The van der Waals surface area contributed by atoms with Crippen LogP contribution in [0.1, 0.15) is 40.0 Å². The van der Waals surface area contributed by atoms with Crippen molar-refractivity contribution in [2.24, 2.45) is 21.6 Å². The molecule has 1 aromatic carbocycles. The molecule has 0 radical (unpaired) electrons. The second-order valence-corrected chi connectivity index (χ2v) is 9.40. The summed E-state index contributed by atoms with van der Waals surface area (Å²) in [4.78, 5) is 24.7. The second kappa shape index (κ2) is 13.4. The standard InChI is InChI=1S/C24H32N4OS.CH5N/c1-5-22(17(2)3)28-23(29)11-6-18(16-25-4)24(28)27-19-7-9-20(10-8-19)30-21-12-14-26-15-13-21;1-2/h6-11,16-17,21-22,26H,4-5,12-15H2,1-3H3;2H2,1H3/b18-16-,27-24?;. The largest absolute Gasteiger partial charge is 0.333 e. The Bertz CT molecular complexity index is 838. The molecule has 1 amide bonds. The molecule has 2 aliphatic rings. The predicted octanol–water partition coefficient (Wildman–Crippen LogP) is 4.55. The van der Waals surface area contributed by atoms with Crippen LogP contribution in [0.2, 0.25) is 0 Å². The van der Waals surface area contributed by atoms with Crippen LogP contribution in [0.5, 0.6) is 0 Å². The molecule has 3 rings (SSSR count). The Hall–Kier alpha value is -2.22. The second-order valence-electron chi connectivity index (χ2n) is 8.02. The molecule has 3 N–H and O–H groups in total. The third-order valence-electron chi connectivity index (χ3n) is 5.54. The highest BCUT2D eigenvalue weighted by Crippen LogP contribution is 2.31. The van der Waals surface area contributed by atoms with E-state index in [4.69, 9.17) is 4.99 Å². The first-order valence-corrected chi connectivity index (χ1v) is 12.2. The first-order chi connectivity index (χ1) is 15.5. The fourth-order valence-electron chi connectivity index (χ4n) is 3.98. The maximum atomic E-state index is 12.8. The summed E-state index contributed by atoms with van der Waals surface area (Å²) < 4.78 is 0. The number of hydrogen-bond donors (Lipinski definition) is 2. The van der Waals surface area contributed by atoms with Crippen LogP contribution in [0.4, 0.5) is 5.69 Å². The molecule has 32 heavy (non-hydrogen) atoms. The molecule has 1 aromatic rings. The average molecular weight is 456 g/mol. The van der Waals surface area contributed by atoms with Crippen molar-refractivity contribution >= 4 is 35.9 Å². The van der Waals surface area contributed by atoms with Gasteiger partial charge in [0, 0.05) is 34.0 Å². The van der Waals surface area contributed by atoms with Crippen LogP contribution >= 0.6 is 11.8 Å². The van der Waals surface area contributed by atoms with Crippen molar-refractivity contribution in [3.8, 4) is 0 Å². The highest BCUT2D eigenvalue weighted by Gasteiger charge is 2.32. The van der Waals surface area contributed by atoms with E-state index in [0.29, 0.717) is 17.0 Å². The Morgan fingerprint density at radius 3 is 2.44 bits per heavy atom. The molecule has 7 heteroatoms. The van der Waals surface area contributed by atoms with Crippen LogP contribution in [0.25, 0.3) is 0 Å². The predicted molar refractivity (Wildman–Crippen MR) is 138 cm³/mol. The zero-order valence-corrected chi connectivity index (χ0v) is 20.6.